The van der Waals surface area contributed by atoms with Crippen molar-refractivity contribution in [2.24, 2.45) is 0 Å². The van der Waals surface area contributed by atoms with E-state index in [1.807, 2.05) is 7.05 Å². The number of aromatic nitrogens is 3. The second kappa shape index (κ2) is 4.23. The highest BCUT2D eigenvalue weighted by molar-refractivity contribution is 7.18. The van der Waals surface area contributed by atoms with Crippen LogP contribution >= 0.6 is 22.9 Å². The third-order valence-electron chi connectivity index (χ3n) is 2.84. The molecular weight excluding hydrogens is 256 g/mol. The first-order chi connectivity index (χ1) is 8.28. The topological polar surface area (TPSA) is 50.7 Å². The Morgan fingerprint density at radius 2 is 2.24 bits per heavy atom. The van der Waals surface area contributed by atoms with Gasteiger partial charge in [0.2, 0.25) is 0 Å². The maximum atomic E-state index is 5.89. The molecule has 0 spiro atoms. The summed E-state index contributed by atoms with van der Waals surface area (Å²) in [5.41, 5.74) is 2.39. The number of aryl methyl sites for hydroxylation is 1. The standard InChI is InChI=1S/C11H11ClN4S/c1-13-9-6-3-2-4-7(6)15-10(16-9)11-14-5-8(12)17-11/h5H,2-4H2,1H3,(H,13,15,16). The van der Waals surface area contributed by atoms with Crippen molar-refractivity contribution in [3.8, 4) is 10.8 Å². The predicted molar refractivity (Wildman–Crippen MR) is 69.7 cm³/mol. The van der Waals surface area contributed by atoms with Gasteiger partial charge in [-0.3, -0.25) is 0 Å². The van der Waals surface area contributed by atoms with Crippen LogP contribution in [-0.2, 0) is 12.8 Å². The van der Waals surface area contributed by atoms with E-state index in [9.17, 15) is 0 Å². The Kier molecular flexibility index (Phi) is 2.72. The first-order valence-electron chi connectivity index (χ1n) is 5.47. The minimum atomic E-state index is 0.662. The fourth-order valence-corrected chi connectivity index (χ4v) is 2.94. The van der Waals surface area contributed by atoms with E-state index in [1.54, 1.807) is 6.20 Å². The summed E-state index contributed by atoms with van der Waals surface area (Å²) in [5, 5.41) is 3.92. The van der Waals surface area contributed by atoms with Gasteiger partial charge >= 0.3 is 0 Å². The minimum Gasteiger partial charge on any atom is -0.373 e. The van der Waals surface area contributed by atoms with Crippen LogP contribution in [0.2, 0.25) is 4.34 Å². The number of halogens is 1. The molecule has 2 aromatic rings. The molecule has 0 unspecified atom stereocenters. The molecule has 0 atom stereocenters. The van der Waals surface area contributed by atoms with Crippen molar-refractivity contribution in [1.82, 2.24) is 15.0 Å². The summed E-state index contributed by atoms with van der Waals surface area (Å²) >= 11 is 7.29. The zero-order chi connectivity index (χ0) is 11.8. The first kappa shape index (κ1) is 10.9. The van der Waals surface area contributed by atoms with E-state index < -0.39 is 0 Å². The van der Waals surface area contributed by atoms with Gasteiger partial charge < -0.3 is 5.32 Å². The molecule has 0 saturated carbocycles. The second-order valence-electron chi connectivity index (χ2n) is 3.89. The molecule has 6 heteroatoms. The molecule has 1 aliphatic carbocycles. The van der Waals surface area contributed by atoms with Gasteiger partial charge in [0, 0.05) is 18.3 Å². The molecule has 0 amide bonds. The fraction of sp³-hybridized carbons (Fsp3) is 0.364. The number of nitrogens with one attached hydrogen (secondary N) is 1. The monoisotopic (exact) mass is 266 g/mol. The summed E-state index contributed by atoms with van der Waals surface area (Å²) in [6.45, 7) is 0. The van der Waals surface area contributed by atoms with Crippen molar-refractivity contribution < 1.29 is 0 Å². The molecule has 2 heterocycles. The lowest BCUT2D eigenvalue weighted by Gasteiger charge is -2.07. The van der Waals surface area contributed by atoms with Gasteiger partial charge in [0.25, 0.3) is 0 Å². The molecule has 0 aliphatic heterocycles. The highest BCUT2D eigenvalue weighted by Crippen LogP contribution is 2.31. The maximum absolute atomic E-state index is 5.89. The summed E-state index contributed by atoms with van der Waals surface area (Å²) in [6.07, 6.45) is 4.88. The fourth-order valence-electron chi connectivity index (χ4n) is 2.09. The smallest absolute Gasteiger partial charge is 0.190 e. The van der Waals surface area contributed by atoms with Crippen molar-refractivity contribution in [3.05, 3.63) is 21.8 Å². The van der Waals surface area contributed by atoms with Crippen LogP contribution in [0.4, 0.5) is 5.82 Å². The van der Waals surface area contributed by atoms with Crippen LogP contribution in [-0.4, -0.2) is 22.0 Å². The Balaban J connectivity index is 2.12. The zero-order valence-corrected chi connectivity index (χ0v) is 10.9. The van der Waals surface area contributed by atoms with Crippen molar-refractivity contribution in [2.45, 2.75) is 19.3 Å². The number of fused-ring (bicyclic) bond motifs is 1. The summed E-state index contributed by atoms with van der Waals surface area (Å²) in [4.78, 5) is 13.3. The van der Waals surface area contributed by atoms with Crippen LogP contribution in [0.15, 0.2) is 6.20 Å². The molecule has 17 heavy (non-hydrogen) atoms. The van der Waals surface area contributed by atoms with Gasteiger partial charge in [0.15, 0.2) is 10.8 Å². The normalized spacial score (nSPS) is 13.8. The predicted octanol–water partition coefficient (Wildman–Crippen LogP) is 2.78. The molecule has 1 N–H and O–H groups in total. The highest BCUT2D eigenvalue weighted by atomic mass is 35.5. The molecule has 1 aliphatic rings. The average molecular weight is 267 g/mol. The van der Waals surface area contributed by atoms with Crippen LogP contribution in [0.1, 0.15) is 17.7 Å². The van der Waals surface area contributed by atoms with Crippen molar-refractivity contribution in [1.29, 1.82) is 0 Å². The molecule has 0 radical (unpaired) electrons. The van der Waals surface area contributed by atoms with E-state index in [0.717, 1.165) is 35.8 Å². The summed E-state index contributed by atoms with van der Waals surface area (Å²) in [6, 6.07) is 0. The van der Waals surface area contributed by atoms with E-state index in [0.29, 0.717) is 10.2 Å². The number of anilines is 1. The molecular formula is C11H11ClN4S. The van der Waals surface area contributed by atoms with Crippen molar-refractivity contribution in [2.75, 3.05) is 12.4 Å². The molecule has 0 saturated heterocycles. The number of thiazole rings is 1. The average Bonchev–Trinajstić information content (AvgIpc) is 2.95. The molecule has 3 rings (SSSR count). The minimum absolute atomic E-state index is 0.662. The maximum Gasteiger partial charge on any atom is 0.190 e. The van der Waals surface area contributed by atoms with E-state index in [2.05, 4.69) is 20.3 Å². The SMILES string of the molecule is CNc1nc(-c2ncc(Cl)s2)nc2c1CCC2. The Morgan fingerprint density at radius 3 is 2.94 bits per heavy atom. The molecule has 4 nitrogen and oxygen atoms in total. The molecule has 88 valence electrons. The van der Waals surface area contributed by atoms with Crippen LogP contribution in [0.25, 0.3) is 10.8 Å². The van der Waals surface area contributed by atoms with Gasteiger partial charge in [-0.2, -0.15) is 0 Å². The molecule has 0 aromatic carbocycles. The number of nitrogens with zero attached hydrogens (tertiary/aromatic N) is 3. The van der Waals surface area contributed by atoms with Crippen LogP contribution in [0.5, 0.6) is 0 Å². The van der Waals surface area contributed by atoms with Gasteiger partial charge in [0.1, 0.15) is 10.2 Å². The summed E-state index contributed by atoms with van der Waals surface area (Å²) in [5.74, 6) is 1.60. The Bertz CT molecular complexity index is 567. The quantitative estimate of drug-likeness (QED) is 0.908. The molecule has 0 fully saturated rings. The summed E-state index contributed by atoms with van der Waals surface area (Å²) < 4.78 is 0.662. The van der Waals surface area contributed by atoms with Gasteiger partial charge in [0.05, 0.1) is 6.20 Å². The Labute approximate surface area is 108 Å². The van der Waals surface area contributed by atoms with E-state index >= 15 is 0 Å². The highest BCUT2D eigenvalue weighted by Gasteiger charge is 2.20. The van der Waals surface area contributed by atoms with Gasteiger partial charge in [-0.15, -0.1) is 0 Å². The number of hydrogen-bond acceptors (Lipinski definition) is 5. The van der Waals surface area contributed by atoms with Crippen molar-refractivity contribution >= 4 is 28.8 Å². The lowest BCUT2D eigenvalue weighted by Crippen LogP contribution is -2.03. The third-order valence-corrected chi connectivity index (χ3v) is 3.95. The van der Waals surface area contributed by atoms with E-state index in [1.165, 1.54) is 16.9 Å². The van der Waals surface area contributed by atoms with E-state index in [4.69, 9.17) is 11.6 Å². The number of rotatable bonds is 2. The summed E-state index contributed by atoms with van der Waals surface area (Å²) in [7, 11) is 1.89. The van der Waals surface area contributed by atoms with Gasteiger partial charge in [-0.25, -0.2) is 15.0 Å². The van der Waals surface area contributed by atoms with Crippen LogP contribution in [0.3, 0.4) is 0 Å². The largest absolute Gasteiger partial charge is 0.373 e. The second-order valence-corrected chi connectivity index (χ2v) is 5.56. The Morgan fingerprint density at radius 1 is 1.35 bits per heavy atom. The lowest BCUT2D eigenvalue weighted by atomic mass is 10.2. The molecule has 0 bridgehead atoms. The van der Waals surface area contributed by atoms with Gasteiger partial charge in [-0.05, 0) is 19.3 Å². The Hall–Kier alpha value is -1.20. The van der Waals surface area contributed by atoms with Crippen LogP contribution < -0.4 is 5.32 Å². The van der Waals surface area contributed by atoms with E-state index in [-0.39, 0.29) is 0 Å². The first-order valence-corrected chi connectivity index (χ1v) is 6.66. The number of hydrogen-bond donors (Lipinski definition) is 1. The third kappa shape index (κ3) is 1.89. The lowest BCUT2D eigenvalue weighted by molar-refractivity contribution is 0.900. The molecule has 2 aromatic heterocycles. The van der Waals surface area contributed by atoms with Gasteiger partial charge in [-0.1, -0.05) is 22.9 Å². The zero-order valence-electron chi connectivity index (χ0n) is 9.33. The van der Waals surface area contributed by atoms with Crippen LogP contribution in [0, 0.1) is 0 Å². The van der Waals surface area contributed by atoms with Crippen molar-refractivity contribution in [3.63, 3.8) is 0 Å².